The minimum Gasteiger partial charge on any atom is -0.496 e. The summed E-state index contributed by atoms with van der Waals surface area (Å²) in [7, 11) is 1.73. The standard InChI is InChI=1S/C13H14OS/c1-3-15-13-11-7-5-4-6-10(11)8-9-12(13)14-2/h4-9H,3H2,1-2H3. The van der Waals surface area contributed by atoms with Crippen LogP contribution in [0, 0.1) is 0 Å². The third kappa shape index (κ3) is 1.95. The van der Waals surface area contributed by atoms with E-state index in [1.165, 1.54) is 15.7 Å². The summed E-state index contributed by atoms with van der Waals surface area (Å²) >= 11 is 1.83. The monoisotopic (exact) mass is 218 g/mol. The van der Waals surface area contributed by atoms with Gasteiger partial charge in [0.05, 0.1) is 12.0 Å². The zero-order chi connectivity index (χ0) is 10.7. The predicted octanol–water partition coefficient (Wildman–Crippen LogP) is 3.96. The molecule has 15 heavy (non-hydrogen) atoms. The van der Waals surface area contributed by atoms with Crippen LogP contribution in [0.25, 0.3) is 10.8 Å². The summed E-state index contributed by atoms with van der Waals surface area (Å²) in [6.45, 7) is 2.16. The molecule has 0 aliphatic heterocycles. The van der Waals surface area contributed by atoms with Gasteiger partial charge in [0.1, 0.15) is 5.75 Å². The van der Waals surface area contributed by atoms with Gasteiger partial charge in [0, 0.05) is 0 Å². The highest BCUT2D eigenvalue weighted by Gasteiger charge is 2.06. The van der Waals surface area contributed by atoms with E-state index in [2.05, 4.69) is 37.3 Å². The predicted molar refractivity (Wildman–Crippen MR) is 66.9 cm³/mol. The van der Waals surface area contributed by atoms with E-state index in [0.717, 1.165) is 11.5 Å². The van der Waals surface area contributed by atoms with Crippen LogP contribution in [0.4, 0.5) is 0 Å². The molecule has 0 N–H and O–H groups in total. The lowest BCUT2D eigenvalue weighted by Crippen LogP contribution is -1.87. The van der Waals surface area contributed by atoms with E-state index in [9.17, 15) is 0 Å². The van der Waals surface area contributed by atoms with Gasteiger partial charge in [-0.2, -0.15) is 0 Å². The van der Waals surface area contributed by atoms with E-state index in [-0.39, 0.29) is 0 Å². The minimum absolute atomic E-state index is 0.973. The van der Waals surface area contributed by atoms with Crippen LogP contribution >= 0.6 is 11.8 Å². The Balaban J connectivity index is 2.67. The van der Waals surface area contributed by atoms with Gasteiger partial charge in [0.15, 0.2) is 0 Å². The fourth-order valence-corrected chi connectivity index (χ4v) is 2.60. The Labute approximate surface area is 94.4 Å². The smallest absolute Gasteiger partial charge is 0.133 e. The first-order valence-corrected chi connectivity index (χ1v) is 6.04. The molecule has 0 aliphatic carbocycles. The van der Waals surface area contributed by atoms with Crippen molar-refractivity contribution in [3.05, 3.63) is 36.4 Å². The number of hydrogen-bond donors (Lipinski definition) is 0. The topological polar surface area (TPSA) is 9.23 Å². The van der Waals surface area contributed by atoms with Crippen molar-refractivity contribution in [1.29, 1.82) is 0 Å². The molecule has 0 aliphatic rings. The van der Waals surface area contributed by atoms with E-state index in [1.807, 2.05) is 17.8 Å². The van der Waals surface area contributed by atoms with Gasteiger partial charge in [-0.1, -0.05) is 37.3 Å². The number of rotatable bonds is 3. The lowest BCUT2D eigenvalue weighted by Gasteiger charge is -2.10. The second-order valence-corrected chi connectivity index (χ2v) is 4.53. The molecule has 0 saturated carbocycles. The van der Waals surface area contributed by atoms with Crippen molar-refractivity contribution in [2.24, 2.45) is 0 Å². The summed E-state index contributed by atoms with van der Waals surface area (Å²) in [5, 5.41) is 2.55. The quantitative estimate of drug-likeness (QED) is 0.721. The maximum absolute atomic E-state index is 5.39. The van der Waals surface area contributed by atoms with Crippen LogP contribution in [-0.4, -0.2) is 12.9 Å². The van der Waals surface area contributed by atoms with Gasteiger partial charge in [-0.05, 0) is 22.6 Å². The summed E-state index contributed by atoms with van der Waals surface area (Å²) in [4.78, 5) is 1.25. The number of hydrogen-bond acceptors (Lipinski definition) is 2. The highest BCUT2D eigenvalue weighted by atomic mass is 32.2. The second-order valence-electron chi connectivity index (χ2n) is 3.25. The molecule has 0 bridgehead atoms. The van der Waals surface area contributed by atoms with Crippen LogP contribution in [0.5, 0.6) is 5.75 Å². The Kier molecular flexibility index (Phi) is 3.17. The molecule has 2 heteroatoms. The van der Waals surface area contributed by atoms with Crippen molar-refractivity contribution >= 4 is 22.5 Å². The van der Waals surface area contributed by atoms with Gasteiger partial charge in [-0.15, -0.1) is 11.8 Å². The van der Waals surface area contributed by atoms with Gasteiger partial charge >= 0.3 is 0 Å². The Morgan fingerprint density at radius 2 is 1.93 bits per heavy atom. The molecule has 2 aromatic rings. The molecule has 1 nitrogen and oxygen atoms in total. The van der Waals surface area contributed by atoms with E-state index in [4.69, 9.17) is 4.74 Å². The Bertz CT molecular complexity index is 465. The molecule has 0 fully saturated rings. The first-order valence-electron chi connectivity index (χ1n) is 5.05. The molecule has 78 valence electrons. The van der Waals surface area contributed by atoms with Crippen molar-refractivity contribution in [3.63, 3.8) is 0 Å². The highest BCUT2D eigenvalue weighted by Crippen LogP contribution is 2.35. The molecule has 2 rings (SSSR count). The third-order valence-electron chi connectivity index (χ3n) is 2.35. The molecular formula is C13H14OS. The first kappa shape index (κ1) is 10.4. The van der Waals surface area contributed by atoms with Crippen LogP contribution in [-0.2, 0) is 0 Å². The molecule has 0 atom stereocenters. The van der Waals surface area contributed by atoms with Crippen LogP contribution in [0.2, 0.25) is 0 Å². The number of fused-ring (bicyclic) bond motifs is 1. The fourth-order valence-electron chi connectivity index (χ4n) is 1.68. The zero-order valence-electron chi connectivity index (χ0n) is 8.99. The molecule has 0 saturated heterocycles. The van der Waals surface area contributed by atoms with E-state index < -0.39 is 0 Å². The van der Waals surface area contributed by atoms with Crippen LogP contribution in [0.3, 0.4) is 0 Å². The van der Waals surface area contributed by atoms with Gasteiger partial charge in [0.2, 0.25) is 0 Å². The van der Waals surface area contributed by atoms with Gasteiger partial charge < -0.3 is 4.74 Å². The number of ether oxygens (including phenoxy) is 1. The van der Waals surface area contributed by atoms with Crippen molar-refractivity contribution in [1.82, 2.24) is 0 Å². The SMILES string of the molecule is CCSc1c(OC)ccc2ccccc12. The minimum atomic E-state index is 0.973. The molecule has 0 amide bonds. The Hall–Kier alpha value is -1.15. The van der Waals surface area contributed by atoms with E-state index >= 15 is 0 Å². The Morgan fingerprint density at radius 1 is 1.13 bits per heavy atom. The average molecular weight is 218 g/mol. The normalized spacial score (nSPS) is 10.5. The number of benzene rings is 2. The summed E-state index contributed by atoms with van der Waals surface area (Å²) in [5.74, 6) is 2.03. The Morgan fingerprint density at radius 3 is 2.67 bits per heavy atom. The van der Waals surface area contributed by atoms with Gasteiger partial charge in [0.25, 0.3) is 0 Å². The molecule has 0 radical (unpaired) electrons. The van der Waals surface area contributed by atoms with Gasteiger partial charge in [-0.25, -0.2) is 0 Å². The number of thioether (sulfide) groups is 1. The molecule has 0 aromatic heterocycles. The molecule has 0 spiro atoms. The molecular weight excluding hydrogens is 204 g/mol. The third-order valence-corrected chi connectivity index (χ3v) is 3.35. The molecule has 0 heterocycles. The van der Waals surface area contributed by atoms with E-state index in [0.29, 0.717) is 0 Å². The first-order chi connectivity index (χ1) is 7.36. The maximum atomic E-state index is 5.39. The van der Waals surface area contributed by atoms with Crippen molar-refractivity contribution in [3.8, 4) is 5.75 Å². The van der Waals surface area contributed by atoms with Crippen molar-refractivity contribution in [2.45, 2.75) is 11.8 Å². The molecule has 0 unspecified atom stereocenters. The maximum Gasteiger partial charge on any atom is 0.133 e. The van der Waals surface area contributed by atoms with Gasteiger partial charge in [-0.3, -0.25) is 0 Å². The second kappa shape index (κ2) is 4.58. The van der Waals surface area contributed by atoms with Crippen molar-refractivity contribution < 1.29 is 4.74 Å². The highest BCUT2D eigenvalue weighted by molar-refractivity contribution is 7.99. The van der Waals surface area contributed by atoms with Crippen LogP contribution in [0.15, 0.2) is 41.3 Å². The average Bonchev–Trinajstić information content (AvgIpc) is 2.30. The summed E-state index contributed by atoms with van der Waals surface area (Å²) in [6.07, 6.45) is 0. The summed E-state index contributed by atoms with van der Waals surface area (Å²) < 4.78 is 5.39. The number of methoxy groups -OCH3 is 1. The van der Waals surface area contributed by atoms with E-state index in [1.54, 1.807) is 7.11 Å². The lowest BCUT2D eigenvalue weighted by molar-refractivity contribution is 0.406. The summed E-state index contributed by atoms with van der Waals surface area (Å²) in [5.41, 5.74) is 0. The largest absolute Gasteiger partial charge is 0.496 e. The lowest BCUT2D eigenvalue weighted by atomic mass is 10.1. The van der Waals surface area contributed by atoms with Crippen LogP contribution in [0.1, 0.15) is 6.92 Å². The van der Waals surface area contributed by atoms with Crippen LogP contribution < -0.4 is 4.74 Å². The van der Waals surface area contributed by atoms with Crippen molar-refractivity contribution in [2.75, 3.05) is 12.9 Å². The molecule has 2 aromatic carbocycles. The summed E-state index contributed by atoms with van der Waals surface area (Å²) in [6, 6.07) is 12.6. The fraction of sp³-hybridized carbons (Fsp3) is 0.231. The zero-order valence-corrected chi connectivity index (χ0v) is 9.80.